The summed E-state index contributed by atoms with van der Waals surface area (Å²) in [5.41, 5.74) is 12.2. The van der Waals surface area contributed by atoms with Crippen LogP contribution in [0.3, 0.4) is 0 Å². The van der Waals surface area contributed by atoms with Crippen LogP contribution in [-0.2, 0) is 24.0 Å². The molecule has 0 atom stereocenters. The highest BCUT2D eigenvalue weighted by molar-refractivity contribution is 9.10. The van der Waals surface area contributed by atoms with Gasteiger partial charge < -0.3 is 9.47 Å². The van der Waals surface area contributed by atoms with Crippen LogP contribution in [0, 0.1) is 0 Å². The highest BCUT2D eigenvalue weighted by Crippen LogP contribution is 2.46. The smallest absolute Gasteiger partial charge is 0.119 e. The van der Waals surface area contributed by atoms with Gasteiger partial charge in [-0.05, 0) is 96.8 Å². The summed E-state index contributed by atoms with van der Waals surface area (Å²) < 4.78 is 12.2. The number of halogens is 1. The molecule has 0 amide bonds. The van der Waals surface area contributed by atoms with Crippen LogP contribution in [0.2, 0.25) is 0 Å². The van der Waals surface area contributed by atoms with Crippen LogP contribution in [0.4, 0.5) is 0 Å². The number of allylic oxidation sites excluding steroid dienone is 4. The lowest BCUT2D eigenvalue weighted by Crippen LogP contribution is -2.15. The summed E-state index contributed by atoms with van der Waals surface area (Å²) in [6.07, 6.45) is 7.78. The molecule has 34 heavy (non-hydrogen) atoms. The minimum atomic E-state index is 0.743. The lowest BCUT2D eigenvalue weighted by Gasteiger charge is -2.29. The second-order valence-corrected chi connectivity index (χ2v) is 9.74. The number of fused-ring (bicyclic) bond motifs is 4. The van der Waals surface area contributed by atoms with E-state index in [0.717, 1.165) is 58.6 Å². The van der Waals surface area contributed by atoms with Gasteiger partial charge in [0.15, 0.2) is 0 Å². The van der Waals surface area contributed by atoms with Crippen LogP contribution >= 0.6 is 15.9 Å². The Morgan fingerprint density at radius 1 is 1.00 bits per heavy atom. The van der Waals surface area contributed by atoms with E-state index in [4.69, 9.17) is 14.5 Å². The molecule has 1 heterocycles. The molecule has 0 unspecified atom stereocenters. The molecule has 0 radical (unpaired) electrons. The Balaban J connectivity index is 1.86. The molecule has 3 nitrogen and oxygen atoms in total. The van der Waals surface area contributed by atoms with Gasteiger partial charge in [0.05, 0.1) is 25.6 Å². The van der Waals surface area contributed by atoms with E-state index in [9.17, 15) is 0 Å². The van der Waals surface area contributed by atoms with Gasteiger partial charge in [-0.25, -0.2) is 4.98 Å². The van der Waals surface area contributed by atoms with Crippen molar-refractivity contribution in [1.29, 1.82) is 0 Å². The summed E-state index contributed by atoms with van der Waals surface area (Å²) in [7, 11) is 3.40. The van der Waals surface area contributed by atoms with E-state index < -0.39 is 0 Å². The van der Waals surface area contributed by atoms with Crippen LogP contribution in [0.1, 0.15) is 35.7 Å². The molecule has 0 aliphatic heterocycles. The van der Waals surface area contributed by atoms with Crippen LogP contribution in [-0.4, -0.2) is 19.2 Å². The molecule has 0 fully saturated rings. The maximum absolute atomic E-state index is 5.58. The van der Waals surface area contributed by atoms with Crippen molar-refractivity contribution in [3.63, 3.8) is 0 Å². The normalized spacial score (nSPS) is 14.8. The van der Waals surface area contributed by atoms with Crippen LogP contribution in [0.5, 0.6) is 5.75 Å². The number of methoxy groups -OCH3 is 2. The number of ether oxygens (including phenoxy) is 2. The standard InChI is InChI=1S/C30H28BrNO2/c1-5-22(33-3)16-26-18(2)9-13-24-28(20-7-6-8-21(31)15-20)25-14-11-19-10-12-23(34-4)17-27(19)30(25)32-29(24)26/h5-8,10,12,15-17H,1,9,11,13-14H2,2-4H3/b22-16+. The number of hydrogen-bond donors (Lipinski definition) is 0. The van der Waals surface area contributed by atoms with E-state index in [1.54, 1.807) is 20.3 Å². The average molecular weight is 514 g/mol. The van der Waals surface area contributed by atoms with Crippen molar-refractivity contribution in [2.45, 2.75) is 32.6 Å². The molecular weight excluding hydrogens is 486 g/mol. The first-order valence-electron chi connectivity index (χ1n) is 11.6. The van der Waals surface area contributed by atoms with Crippen LogP contribution in [0.15, 0.2) is 77.0 Å². The topological polar surface area (TPSA) is 31.4 Å². The van der Waals surface area contributed by atoms with Crippen molar-refractivity contribution in [1.82, 2.24) is 4.98 Å². The molecule has 0 N–H and O–H groups in total. The van der Waals surface area contributed by atoms with Crippen molar-refractivity contribution in [2.24, 2.45) is 0 Å². The Morgan fingerprint density at radius 2 is 1.79 bits per heavy atom. The molecule has 172 valence electrons. The molecule has 3 aromatic rings. The summed E-state index contributed by atoms with van der Waals surface area (Å²) in [5, 5.41) is 0. The van der Waals surface area contributed by atoms with Crippen LogP contribution < -0.4 is 4.74 Å². The Bertz CT molecular complexity index is 1370. The van der Waals surface area contributed by atoms with Gasteiger partial charge in [-0.1, -0.05) is 46.3 Å². The first kappa shape index (κ1) is 22.7. The molecule has 1 aromatic heterocycles. The number of benzene rings is 2. The molecule has 2 aromatic carbocycles. The summed E-state index contributed by atoms with van der Waals surface area (Å²) in [6, 6.07) is 15.0. The molecule has 0 saturated carbocycles. The first-order chi connectivity index (χ1) is 16.5. The fourth-order valence-corrected chi connectivity index (χ4v) is 5.55. The monoisotopic (exact) mass is 513 g/mol. The van der Waals surface area contributed by atoms with Gasteiger partial charge in [0.25, 0.3) is 0 Å². The molecule has 2 aliphatic rings. The minimum Gasteiger partial charge on any atom is -0.497 e. The first-order valence-corrected chi connectivity index (χ1v) is 12.4. The average Bonchev–Trinajstić information content (AvgIpc) is 2.86. The second-order valence-electron chi connectivity index (χ2n) is 8.82. The lowest BCUT2D eigenvalue weighted by atomic mass is 9.78. The predicted octanol–water partition coefficient (Wildman–Crippen LogP) is 7.72. The van der Waals surface area contributed by atoms with Gasteiger partial charge in [0.2, 0.25) is 0 Å². The summed E-state index contributed by atoms with van der Waals surface area (Å²) in [6.45, 7) is 6.11. The fraction of sp³-hybridized carbons (Fsp3) is 0.233. The van der Waals surface area contributed by atoms with E-state index in [0.29, 0.717) is 0 Å². The summed E-state index contributed by atoms with van der Waals surface area (Å²) in [5.74, 6) is 1.60. The van der Waals surface area contributed by atoms with Crippen molar-refractivity contribution in [2.75, 3.05) is 14.2 Å². The Hall–Kier alpha value is -3.11. The Kier molecular flexibility index (Phi) is 6.18. The van der Waals surface area contributed by atoms with Crippen molar-refractivity contribution >= 4 is 21.5 Å². The Morgan fingerprint density at radius 3 is 2.53 bits per heavy atom. The molecule has 5 rings (SSSR count). The maximum atomic E-state index is 5.58. The third kappa shape index (κ3) is 3.90. The number of aryl methyl sites for hydroxylation is 1. The maximum Gasteiger partial charge on any atom is 0.119 e. The van der Waals surface area contributed by atoms with E-state index in [1.807, 2.05) is 6.07 Å². The quantitative estimate of drug-likeness (QED) is 0.258. The van der Waals surface area contributed by atoms with E-state index in [1.165, 1.54) is 39.0 Å². The van der Waals surface area contributed by atoms with Gasteiger partial charge in [0, 0.05) is 15.6 Å². The van der Waals surface area contributed by atoms with Crippen molar-refractivity contribution in [3.05, 3.63) is 99.4 Å². The lowest BCUT2D eigenvalue weighted by molar-refractivity contribution is 0.307. The minimum absolute atomic E-state index is 0.743. The predicted molar refractivity (Wildman–Crippen MR) is 143 cm³/mol. The highest BCUT2D eigenvalue weighted by atomic mass is 79.9. The molecule has 2 aliphatic carbocycles. The number of pyridine rings is 1. The van der Waals surface area contributed by atoms with Crippen molar-refractivity contribution < 1.29 is 9.47 Å². The van der Waals surface area contributed by atoms with Gasteiger partial charge in [0.1, 0.15) is 11.5 Å². The van der Waals surface area contributed by atoms with E-state index in [2.05, 4.69) is 71.9 Å². The van der Waals surface area contributed by atoms with Gasteiger partial charge in [-0.2, -0.15) is 0 Å². The number of hydrogen-bond acceptors (Lipinski definition) is 3. The van der Waals surface area contributed by atoms with E-state index >= 15 is 0 Å². The Labute approximate surface area is 210 Å². The van der Waals surface area contributed by atoms with Crippen molar-refractivity contribution in [3.8, 4) is 28.1 Å². The zero-order valence-electron chi connectivity index (χ0n) is 19.9. The van der Waals surface area contributed by atoms with Gasteiger partial charge >= 0.3 is 0 Å². The zero-order valence-corrected chi connectivity index (χ0v) is 21.5. The number of rotatable bonds is 5. The van der Waals surface area contributed by atoms with Gasteiger partial charge in [-0.3, -0.25) is 0 Å². The molecule has 0 saturated heterocycles. The number of nitrogens with zero attached hydrogens (tertiary/aromatic N) is 1. The molecule has 4 heteroatoms. The third-order valence-electron chi connectivity index (χ3n) is 6.92. The number of aromatic nitrogens is 1. The zero-order chi connectivity index (χ0) is 23.8. The summed E-state index contributed by atoms with van der Waals surface area (Å²) >= 11 is 3.69. The third-order valence-corrected chi connectivity index (χ3v) is 7.41. The summed E-state index contributed by atoms with van der Waals surface area (Å²) in [4.78, 5) is 5.37. The highest BCUT2D eigenvalue weighted by Gasteiger charge is 2.29. The SMILES string of the molecule is C=C/C(=C\C1=C(C)CCc2c1nc1c(c2-c2cccc(Br)c2)CCc2ccc(OC)cc2-1)OC. The van der Waals surface area contributed by atoms with Gasteiger partial charge in [-0.15, -0.1) is 0 Å². The molecule has 0 bridgehead atoms. The second kappa shape index (κ2) is 9.27. The molecular formula is C30H28BrNO2. The fourth-order valence-electron chi connectivity index (χ4n) is 5.16. The van der Waals surface area contributed by atoms with E-state index in [-0.39, 0.29) is 0 Å². The largest absolute Gasteiger partial charge is 0.497 e. The molecule has 0 spiro atoms. The van der Waals surface area contributed by atoms with Crippen LogP contribution in [0.25, 0.3) is 28.0 Å².